The van der Waals surface area contributed by atoms with Gasteiger partial charge in [-0.2, -0.15) is 0 Å². The number of hydrogen-bond donors (Lipinski definition) is 2. The number of nitrogens with one attached hydrogen (secondary N) is 2. The topological polar surface area (TPSA) is 81.8 Å². The molecule has 1 unspecified atom stereocenters. The first-order valence-corrected chi connectivity index (χ1v) is 12.7. The molecule has 1 atom stereocenters. The Balaban J connectivity index is 1.42. The van der Waals surface area contributed by atoms with E-state index in [4.69, 9.17) is 0 Å². The van der Waals surface area contributed by atoms with Crippen LogP contribution in [-0.2, 0) is 4.79 Å². The van der Waals surface area contributed by atoms with E-state index in [0.29, 0.717) is 31.5 Å². The maximum Gasteiger partial charge on any atom is 0.321 e. The second kappa shape index (κ2) is 11.4. The predicted octanol–water partition coefficient (Wildman–Crippen LogP) is 4.36. The number of urea groups is 1. The lowest BCUT2D eigenvalue weighted by Gasteiger charge is -2.38. The molecule has 0 spiro atoms. The molecule has 35 heavy (non-hydrogen) atoms. The zero-order valence-corrected chi connectivity index (χ0v) is 20.8. The molecular formula is C28H36N4O3. The van der Waals surface area contributed by atoms with Gasteiger partial charge in [0.2, 0.25) is 5.91 Å². The summed E-state index contributed by atoms with van der Waals surface area (Å²) in [6.45, 7) is 6.50. The highest BCUT2D eigenvalue weighted by molar-refractivity contribution is 5.98. The molecule has 2 aliphatic rings. The smallest absolute Gasteiger partial charge is 0.321 e. The summed E-state index contributed by atoms with van der Waals surface area (Å²) >= 11 is 0. The fraction of sp³-hybridized carbons (Fsp3) is 0.464. The van der Waals surface area contributed by atoms with Crippen LogP contribution in [0.15, 0.2) is 48.5 Å². The van der Waals surface area contributed by atoms with Gasteiger partial charge in [-0.05, 0) is 75.6 Å². The molecule has 2 fully saturated rings. The molecule has 0 saturated carbocycles. The standard InChI is InChI=1S/C28H36N4O3/c1-20-10-12-23(13-11-20)29-28(35)32-18-14-22(15-19-32)25(27(34)31-16-6-3-7-17-31)30-26(33)24-9-5-4-8-21(24)2/h4-5,8-13,22,25H,3,6-7,14-19H2,1-2H3,(H,29,35)(H,30,33). The largest absolute Gasteiger partial charge is 0.341 e. The lowest BCUT2D eigenvalue weighted by molar-refractivity contribution is -0.136. The second-order valence-electron chi connectivity index (χ2n) is 9.77. The number of aryl methyl sites for hydroxylation is 2. The number of hydrogen-bond acceptors (Lipinski definition) is 3. The van der Waals surface area contributed by atoms with Crippen LogP contribution >= 0.6 is 0 Å². The highest BCUT2D eigenvalue weighted by Crippen LogP contribution is 2.25. The van der Waals surface area contributed by atoms with Gasteiger partial charge in [-0.25, -0.2) is 4.79 Å². The molecule has 7 heteroatoms. The molecular weight excluding hydrogens is 440 g/mol. The van der Waals surface area contributed by atoms with E-state index in [1.165, 1.54) is 0 Å². The summed E-state index contributed by atoms with van der Waals surface area (Å²) < 4.78 is 0. The van der Waals surface area contributed by atoms with Crippen molar-refractivity contribution in [3.8, 4) is 0 Å². The van der Waals surface area contributed by atoms with E-state index in [1.54, 1.807) is 11.0 Å². The number of rotatable bonds is 5. The van der Waals surface area contributed by atoms with Crippen molar-refractivity contribution >= 4 is 23.5 Å². The van der Waals surface area contributed by atoms with Crippen molar-refractivity contribution in [3.05, 3.63) is 65.2 Å². The van der Waals surface area contributed by atoms with Crippen molar-refractivity contribution in [2.24, 2.45) is 5.92 Å². The Morgan fingerprint density at radius 3 is 2.14 bits per heavy atom. The molecule has 2 saturated heterocycles. The molecule has 186 valence electrons. The van der Waals surface area contributed by atoms with E-state index in [2.05, 4.69) is 10.6 Å². The fourth-order valence-corrected chi connectivity index (χ4v) is 5.01. The van der Waals surface area contributed by atoms with E-state index in [9.17, 15) is 14.4 Å². The van der Waals surface area contributed by atoms with Crippen LogP contribution in [0.3, 0.4) is 0 Å². The third kappa shape index (κ3) is 6.21. The zero-order valence-electron chi connectivity index (χ0n) is 20.8. The van der Waals surface area contributed by atoms with E-state index in [0.717, 1.165) is 49.2 Å². The lowest BCUT2D eigenvalue weighted by atomic mass is 9.87. The van der Waals surface area contributed by atoms with E-state index >= 15 is 0 Å². The number of amides is 4. The monoisotopic (exact) mass is 476 g/mol. The van der Waals surface area contributed by atoms with Crippen LogP contribution in [0.1, 0.15) is 53.6 Å². The van der Waals surface area contributed by atoms with Gasteiger partial charge in [0, 0.05) is 37.4 Å². The van der Waals surface area contributed by atoms with Crippen molar-refractivity contribution in [1.82, 2.24) is 15.1 Å². The Hall–Kier alpha value is -3.35. The van der Waals surface area contributed by atoms with Crippen LogP contribution in [0.4, 0.5) is 10.5 Å². The van der Waals surface area contributed by atoms with Crippen molar-refractivity contribution in [1.29, 1.82) is 0 Å². The normalized spacial score (nSPS) is 17.5. The first-order chi connectivity index (χ1) is 16.9. The summed E-state index contributed by atoms with van der Waals surface area (Å²) in [6.07, 6.45) is 4.47. The van der Waals surface area contributed by atoms with Crippen LogP contribution < -0.4 is 10.6 Å². The van der Waals surface area contributed by atoms with Gasteiger partial charge in [-0.1, -0.05) is 35.9 Å². The number of anilines is 1. The van der Waals surface area contributed by atoms with E-state index < -0.39 is 6.04 Å². The van der Waals surface area contributed by atoms with Crippen molar-refractivity contribution < 1.29 is 14.4 Å². The van der Waals surface area contributed by atoms with Gasteiger partial charge < -0.3 is 20.4 Å². The fourth-order valence-electron chi connectivity index (χ4n) is 5.01. The molecule has 0 radical (unpaired) electrons. The quantitative estimate of drug-likeness (QED) is 0.673. The molecule has 4 amide bonds. The van der Waals surface area contributed by atoms with Gasteiger partial charge in [0.15, 0.2) is 0 Å². The van der Waals surface area contributed by atoms with Crippen LogP contribution in [0, 0.1) is 19.8 Å². The van der Waals surface area contributed by atoms with Crippen LogP contribution in [-0.4, -0.2) is 59.9 Å². The Morgan fingerprint density at radius 1 is 0.829 bits per heavy atom. The van der Waals surface area contributed by atoms with Crippen molar-refractivity contribution in [2.45, 2.75) is 52.0 Å². The second-order valence-corrected chi connectivity index (χ2v) is 9.77. The van der Waals surface area contributed by atoms with Crippen LogP contribution in [0.25, 0.3) is 0 Å². The van der Waals surface area contributed by atoms with Crippen molar-refractivity contribution in [3.63, 3.8) is 0 Å². The maximum absolute atomic E-state index is 13.6. The Kier molecular flexibility index (Phi) is 8.06. The molecule has 0 bridgehead atoms. The number of piperidine rings is 2. The average Bonchev–Trinajstić information content (AvgIpc) is 2.89. The van der Waals surface area contributed by atoms with Gasteiger partial charge in [-0.15, -0.1) is 0 Å². The molecule has 4 rings (SSSR count). The summed E-state index contributed by atoms with van der Waals surface area (Å²) in [4.78, 5) is 43.2. The summed E-state index contributed by atoms with van der Waals surface area (Å²) in [5, 5.41) is 6.04. The van der Waals surface area contributed by atoms with Gasteiger partial charge in [0.05, 0.1) is 0 Å². The molecule has 2 aromatic carbocycles. The minimum absolute atomic E-state index is 0.00851. The number of benzene rings is 2. The molecule has 0 aromatic heterocycles. The number of carbonyl (C=O) groups is 3. The summed E-state index contributed by atoms with van der Waals surface area (Å²) in [5.74, 6) is -0.215. The van der Waals surface area contributed by atoms with Crippen LogP contribution in [0.2, 0.25) is 0 Å². The number of nitrogens with zero attached hydrogens (tertiary/aromatic N) is 2. The summed E-state index contributed by atoms with van der Waals surface area (Å²) in [6, 6.07) is 14.5. The lowest BCUT2D eigenvalue weighted by Crippen LogP contribution is -2.55. The minimum Gasteiger partial charge on any atom is -0.341 e. The first kappa shape index (κ1) is 24.8. The Labute approximate surface area is 207 Å². The minimum atomic E-state index is -0.581. The predicted molar refractivity (Wildman–Crippen MR) is 137 cm³/mol. The van der Waals surface area contributed by atoms with E-state index in [1.807, 2.05) is 61.2 Å². The molecule has 7 nitrogen and oxygen atoms in total. The highest BCUT2D eigenvalue weighted by Gasteiger charge is 2.36. The van der Waals surface area contributed by atoms with Gasteiger partial charge in [-0.3, -0.25) is 9.59 Å². The molecule has 2 heterocycles. The third-order valence-corrected chi connectivity index (χ3v) is 7.21. The molecule has 2 aromatic rings. The third-order valence-electron chi connectivity index (χ3n) is 7.21. The SMILES string of the molecule is Cc1ccc(NC(=O)N2CCC(C(NC(=O)c3ccccc3C)C(=O)N3CCCCC3)CC2)cc1. The van der Waals surface area contributed by atoms with Crippen LogP contribution in [0.5, 0.6) is 0 Å². The summed E-state index contributed by atoms with van der Waals surface area (Å²) in [5.41, 5.74) is 3.39. The van der Waals surface area contributed by atoms with Gasteiger partial charge in [0.1, 0.15) is 6.04 Å². The number of likely N-dealkylation sites (tertiary alicyclic amines) is 2. The Morgan fingerprint density at radius 2 is 1.49 bits per heavy atom. The molecule has 2 aliphatic heterocycles. The highest BCUT2D eigenvalue weighted by atomic mass is 16.2. The maximum atomic E-state index is 13.6. The summed E-state index contributed by atoms with van der Waals surface area (Å²) in [7, 11) is 0. The number of carbonyl (C=O) groups excluding carboxylic acids is 3. The first-order valence-electron chi connectivity index (χ1n) is 12.7. The molecule has 0 aliphatic carbocycles. The van der Waals surface area contributed by atoms with E-state index in [-0.39, 0.29) is 23.8 Å². The van der Waals surface area contributed by atoms with Gasteiger partial charge in [0.25, 0.3) is 5.91 Å². The average molecular weight is 477 g/mol. The molecule has 2 N–H and O–H groups in total. The zero-order chi connectivity index (χ0) is 24.8. The Bertz CT molecular complexity index is 1040. The van der Waals surface area contributed by atoms with Gasteiger partial charge >= 0.3 is 6.03 Å². The van der Waals surface area contributed by atoms with Crippen molar-refractivity contribution in [2.75, 3.05) is 31.5 Å².